The van der Waals surface area contributed by atoms with E-state index in [0.717, 1.165) is 5.41 Å². The summed E-state index contributed by atoms with van der Waals surface area (Å²) in [6, 6.07) is 0. The average molecular weight is 164 g/mol. The molecule has 0 aliphatic rings. The van der Waals surface area contributed by atoms with Crippen molar-refractivity contribution < 1.29 is 12.6 Å². The fourth-order valence-electron chi connectivity index (χ4n) is 0.418. The molecule has 0 bridgehead atoms. The summed E-state index contributed by atoms with van der Waals surface area (Å²) in [7, 11) is -3.37. The first-order valence-corrected chi connectivity index (χ1v) is 4.65. The van der Waals surface area contributed by atoms with Crippen molar-refractivity contribution in [1.82, 2.24) is 0 Å². The van der Waals surface area contributed by atoms with E-state index < -0.39 is 10.1 Å². The Morgan fingerprint density at radius 2 is 2.00 bits per heavy atom. The van der Waals surface area contributed by atoms with E-state index in [-0.39, 0.29) is 6.61 Å². The topological polar surface area (TPSA) is 43.4 Å². The van der Waals surface area contributed by atoms with Crippen molar-refractivity contribution in [3.8, 4) is 0 Å². The Balaban J connectivity index is 4.01. The lowest BCUT2D eigenvalue weighted by Gasteiger charge is -1.94. The molecule has 0 saturated carbocycles. The summed E-state index contributed by atoms with van der Waals surface area (Å²) in [6.07, 6.45) is 2.25. The van der Waals surface area contributed by atoms with Crippen LogP contribution in [-0.2, 0) is 14.3 Å². The lowest BCUT2D eigenvalue weighted by molar-refractivity contribution is 0.344. The largest absolute Gasteiger partial charge is 0.289 e. The van der Waals surface area contributed by atoms with Gasteiger partial charge in [0.05, 0.1) is 12.0 Å². The molecule has 0 aliphatic heterocycles. The highest BCUT2D eigenvalue weighted by molar-refractivity contribution is 7.89. The molecule has 0 amide bonds. The first-order valence-electron chi connectivity index (χ1n) is 3.18. The molecule has 0 unspecified atom stereocenters. The smallest absolute Gasteiger partial charge is 0.267 e. The maximum absolute atomic E-state index is 10.7. The van der Waals surface area contributed by atoms with Crippen LogP contribution in [0.5, 0.6) is 0 Å². The molecule has 0 aromatic heterocycles. The molecule has 0 saturated heterocycles. The molecule has 0 aromatic rings. The van der Waals surface area contributed by atoms with E-state index in [1.54, 1.807) is 13.0 Å². The molecule has 0 rings (SSSR count). The normalized spacial score (nSPS) is 12.6. The van der Waals surface area contributed by atoms with Gasteiger partial charge in [-0.05, 0) is 13.3 Å². The minimum atomic E-state index is -3.37. The molecule has 0 atom stereocenters. The summed E-state index contributed by atoms with van der Waals surface area (Å²) in [5.74, 6) is 0. The highest BCUT2D eigenvalue weighted by atomic mass is 32.2. The van der Waals surface area contributed by atoms with E-state index in [0.29, 0.717) is 6.42 Å². The fraction of sp³-hybridized carbons (Fsp3) is 0.667. The van der Waals surface area contributed by atoms with Crippen LogP contribution in [0.15, 0.2) is 11.5 Å². The van der Waals surface area contributed by atoms with Crippen LogP contribution in [0.25, 0.3) is 0 Å². The Hall–Kier alpha value is -0.350. The number of rotatable bonds is 4. The van der Waals surface area contributed by atoms with Crippen LogP contribution in [0.3, 0.4) is 0 Å². The van der Waals surface area contributed by atoms with Gasteiger partial charge >= 0.3 is 0 Å². The van der Waals surface area contributed by atoms with Crippen LogP contribution >= 0.6 is 0 Å². The number of hydrogen-bond donors (Lipinski definition) is 0. The predicted molar refractivity (Wildman–Crippen MR) is 40.0 cm³/mol. The predicted octanol–water partition coefficient (Wildman–Crippen LogP) is 1.28. The molecule has 3 nitrogen and oxygen atoms in total. The Kier molecular flexibility index (Phi) is 4.31. The second-order valence-corrected chi connectivity index (χ2v) is 3.17. The third-order valence-electron chi connectivity index (χ3n) is 0.781. The van der Waals surface area contributed by atoms with Gasteiger partial charge in [0.25, 0.3) is 10.1 Å². The van der Waals surface area contributed by atoms with Crippen molar-refractivity contribution in [1.29, 1.82) is 0 Å². The van der Waals surface area contributed by atoms with E-state index in [1.807, 2.05) is 6.92 Å². The van der Waals surface area contributed by atoms with Gasteiger partial charge < -0.3 is 0 Å². The SMILES string of the molecule is CC/C=C/S(=O)(=O)OCC. The molecule has 0 spiro atoms. The minimum Gasteiger partial charge on any atom is -0.267 e. The molecule has 0 aliphatic carbocycles. The third kappa shape index (κ3) is 4.52. The fourth-order valence-corrected chi connectivity index (χ4v) is 1.25. The first-order chi connectivity index (χ1) is 4.62. The molecular weight excluding hydrogens is 152 g/mol. The zero-order chi connectivity index (χ0) is 8.04. The van der Waals surface area contributed by atoms with Gasteiger partial charge in [-0.25, -0.2) is 0 Å². The van der Waals surface area contributed by atoms with Crippen LogP contribution in [0.1, 0.15) is 20.3 Å². The quantitative estimate of drug-likeness (QED) is 0.588. The maximum atomic E-state index is 10.7. The summed E-state index contributed by atoms with van der Waals surface area (Å²) in [5.41, 5.74) is 0. The van der Waals surface area contributed by atoms with Crippen LogP contribution < -0.4 is 0 Å². The van der Waals surface area contributed by atoms with Crippen molar-refractivity contribution in [3.63, 3.8) is 0 Å². The lowest BCUT2D eigenvalue weighted by Crippen LogP contribution is -2.00. The molecule has 10 heavy (non-hydrogen) atoms. The first kappa shape index (κ1) is 9.65. The third-order valence-corrected chi connectivity index (χ3v) is 1.87. The molecule has 0 radical (unpaired) electrons. The van der Waals surface area contributed by atoms with Gasteiger partial charge in [0, 0.05) is 0 Å². The highest BCUT2D eigenvalue weighted by Crippen LogP contribution is 1.95. The highest BCUT2D eigenvalue weighted by Gasteiger charge is 2.01. The van der Waals surface area contributed by atoms with Crippen molar-refractivity contribution in [3.05, 3.63) is 11.5 Å². The molecule has 0 N–H and O–H groups in total. The standard InChI is InChI=1S/C6H12O3S/c1-3-5-6-10(7,8)9-4-2/h5-6H,3-4H2,1-2H3/b6-5+. The van der Waals surface area contributed by atoms with E-state index in [9.17, 15) is 8.42 Å². The van der Waals surface area contributed by atoms with Gasteiger partial charge in [-0.3, -0.25) is 4.18 Å². The van der Waals surface area contributed by atoms with Crippen molar-refractivity contribution in [2.75, 3.05) is 6.61 Å². The molecule has 0 aromatic carbocycles. The van der Waals surface area contributed by atoms with E-state index >= 15 is 0 Å². The molecule has 0 heterocycles. The zero-order valence-corrected chi connectivity index (χ0v) is 7.02. The summed E-state index contributed by atoms with van der Waals surface area (Å²) >= 11 is 0. The van der Waals surface area contributed by atoms with Crippen LogP contribution in [0.4, 0.5) is 0 Å². The van der Waals surface area contributed by atoms with Crippen LogP contribution in [0, 0.1) is 0 Å². The molecule has 4 heteroatoms. The maximum Gasteiger partial charge on any atom is 0.289 e. The van der Waals surface area contributed by atoms with Gasteiger partial charge in [-0.1, -0.05) is 13.0 Å². The van der Waals surface area contributed by atoms with Crippen LogP contribution in [-0.4, -0.2) is 15.0 Å². The monoisotopic (exact) mass is 164 g/mol. The second kappa shape index (κ2) is 4.46. The van der Waals surface area contributed by atoms with E-state index in [1.165, 1.54) is 0 Å². The van der Waals surface area contributed by atoms with E-state index in [4.69, 9.17) is 0 Å². The Labute approximate surface area is 61.8 Å². The van der Waals surface area contributed by atoms with Gasteiger partial charge in [0.15, 0.2) is 0 Å². The van der Waals surface area contributed by atoms with Gasteiger partial charge in [-0.15, -0.1) is 0 Å². The van der Waals surface area contributed by atoms with Gasteiger partial charge in [0.1, 0.15) is 0 Å². The lowest BCUT2D eigenvalue weighted by atomic mass is 10.5. The Morgan fingerprint density at radius 3 is 2.40 bits per heavy atom. The van der Waals surface area contributed by atoms with Gasteiger partial charge in [-0.2, -0.15) is 8.42 Å². The summed E-state index contributed by atoms with van der Waals surface area (Å²) in [4.78, 5) is 0. The van der Waals surface area contributed by atoms with Crippen molar-refractivity contribution >= 4 is 10.1 Å². The minimum absolute atomic E-state index is 0.191. The summed E-state index contributed by atoms with van der Waals surface area (Å²) in [5, 5.41) is 1.08. The summed E-state index contributed by atoms with van der Waals surface area (Å²) < 4.78 is 25.8. The number of hydrogen-bond acceptors (Lipinski definition) is 3. The zero-order valence-electron chi connectivity index (χ0n) is 6.20. The number of allylic oxidation sites excluding steroid dienone is 1. The molecular formula is C6H12O3S. The molecule has 0 fully saturated rings. The van der Waals surface area contributed by atoms with Crippen molar-refractivity contribution in [2.45, 2.75) is 20.3 Å². The summed E-state index contributed by atoms with van der Waals surface area (Å²) in [6.45, 7) is 3.69. The Morgan fingerprint density at radius 1 is 1.40 bits per heavy atom. The molecule has 60 valence electrons. The average Bonchev–Trinajstić information content (AvgIpc) is 1.84. The second-order valence-electron chi connectivity index (χ2n) is 1.68. The van der Waals surface area contributed by atoms with E-state index in [2.05, 4.69) is 4.18 Å². The Bertz CT molecular complexity index is 191. The van der Waals surface area contributed by atoms with Gasteiger partial charge in [0.2, 0.25) is 0 Å². The van der Waals surface area contributed by atoms with Crippen molar-refractivity contribution in [2.24, 2.45) is 0 Å². The van der Waals surface area contributed by atoms with Crippen LogP contribution in [0.2, 0.25) is 0 Å².